The second-order valence-corrected chi connectivity index (χ2v) is 13.7. The summed E-state index contributed by atoms with van der Waals surface area (Å²) in [6, 6.07) is 16.6. The van der Waals surface area contributed by atoms with E-state index >= 15 is 0 Å². The molecule has 1 fully saturated rings. The molecule has 6 rings (SSSR count). The molecular formula is C41H49N5O7. The Morgan fingerprint density at radius 1 is 0.868 bits per heavy atom. The lowest BCUT2D eigenvalue weighted by atomic mass is 9.95. The van der Waals surface area contributed by atoms with E-state index in [1.807, 2.05) is 47.4 Å². The first-order chi connectivity index (χ1) is 25.7. The molecule has 1 aromatic heterocycles. The Morgan fingerprint density at radius 2 is 1.64 bits per heavy atom. The number of methoxy groups -OCH3 is 3. The second kappa shape index (κ2) is 16.9. The van der Waals surface area contributed by atoms with Crippen LogP contribution in [0.4, 0.5) is 5.69 Å². The number of piperidine rings is 1. The van der Waals surface area contributed by atoms with Crippen LogP contribution in [-0.4, -0.2) is 74.6 Å². The monoisotopic (exact) mass is 723 g/mol. The lowest BCUT2D eigenvalue weighted by molar-refractivity contribution is -0.122. The van der Waals surface area contributed by atoms with Gasteiger partial charge < -0.3 is 40.0 Å². The molecule has 1 aliphatic heterocycles. The molecule has 0 spiro atoms. The fourth-order valence-electron chi connectivity index (χ4n) is 7.55. The van der Waals surface area contributed by atoms with E-state index in [1.165, 1.54) is 6.92 Å². The third-order valence-corrected chi connectivity index (χ3v) is 10.2. The van der Waals surface area contributed by atoms with E-state index in [-0.39, 0.29) is 35.2 Å². The Hall–Kier alpha value is -5.52. The van der Waals surface area contributed by atoms with E-state index in [1.54, 1.807) is 33.5 Å². The predicted octanol–water partition coefficient (Wildman–Crippen LogP) is 5.74. The summed E-state index contributed by atoms with van der Waals surface area (Å²) in [5.74, 6) is 1.34. The number of fused-ring (bicyclic) bond motifs is 4. The lowest BCUT2D eigenvalue weighted by Gasteiger charge is -2.32. The minimum absolute atomic E-state index is 0.00977. The highest BCUT2D eigenvalue weighted by Crippen LogP contribution is 2.50. The number of carbonyl (C=O) groups excluding carboxylic acids is 3. The molecule has 12 nitrogen and oxygen atoms in total. The summed E-state index contributed by atoms with van der Waals surface area (Å²) in [7, 11) is 4.71. The number of ether oxygens (including phenoxy) is 3. The number of H-pyrrole nitrogens is 1. The fraction of sp³-hybridized carbons (Fsp3) is 0.415. The van der Waals surface area contributed by atoms with Crippen molar-refractivity contribution in [3.05, 3.63) is 81.6 Å². The number of aryl methyl sites for hydroxylation is 1. The normalized spacial score (nSPS) is 15.5. The summed E-state index contributed by atoms with van der Waals surface area (Å²) in [6.07, 6.45) is 5.41. The highest BCUT2D eigenvalue weighted by molar-refractivity contribution is 5.98. The average Bonchev–Trinajstić information content (AvgIpc) is 3.46. The van der Waals surface area contributed by atoms with Crippen molar-refractivity contribution in [1.29, 1.82) is 0 Å². The van der Waals surface area contributed by atoms with Gasteiger partial charge in [0.25, 0.3) is 5.91 Å². The van der Waals surface area contributed by atoms with E-state index in [2.05, 4.69) is 20.9 Å². The van der Waals surface area contributed by atoms with Crippen LogP contribution in [-0.2, 0) is 16.0 Å². The molecular weight excluding hydrogens is 674 g/mol. The number of nitrogens with one attached hydrogen (secondary N) is 4. The van der Waals surface area contributed by atoms with Gasteiger partial charge in [0.1, 0.15) is 5.69 Å². The first-order valence-electron chi connectivity index (χ1n) is 18.4. The number of hydrogen-bond acceptors (Lipinski definition) is 8. The van der Waals surface area contributed by atoms with Crippen molar-refractivity contribution < 1.29 is 28.6 Å². The van der Waals surface area contributed by atoms with Gasteiger partial charge in [0.15, 0.2) is 11.5 Å². The van der Waals surface area contributed by atoms with Gasteiger partial charge in [-0.3, -0.25) is 19.2 Å². The summed E-state index contributed by atoms with van der Waals surface area (Å²) in [5.41, 5.74) is 5.06. The van der Waals surface area contributed by atoms with Gasteiger partial charge in [-0.2, -0.15) is 0 Å². The van der Waals surface area contributed by atoms with Crippen LogP contribution in [0.15, 0.2) is 59.4 Å². The number of unbranched alkanes of at least 4 members (excludes halogenated alkanes) is 2. The predicted molar refractivity (Wildman–Crippen MR) is 205 cm³/mol. The molecule has 1 atom stereocenters. The maximum absolute atomic E-state index is 13.6. The molecule has 0 radical (unpaired) electrons. The molecule has 53 heavy (non-hydrogen) atoms. The van der Waals surface area contributed by atoms with Crippen LogP contribution in [0.5, 0.6) is 17.2 Å². The van der Waals surface area contributed by atoms with Crippen LogP contribution in [0.1, 0.15) is 79.5 Å². The van der Waals surface area contributed by atoms with Gasteiger partial charge in [0.2, 0.25) is 23.0 Å². The number of rotatable bonds is 13. The van der Waals surface area contributed by atoms with Crippen molar-refractivity contribution in [1.82, 2.24) is 20.5 Å². The second-order valence-electron chi connectivity index (χ2n) is 13.7. The highest BCUT2D eigenvalue weighted by atomic mass is 16.5. The number of para-hydroxylation sites is 1. The fourth-order valence-corrected chi connectivity index (χ4v) is 7.55. The van der Waals surface area contributed by atoms with Gasteiger partial charge in [-0.1, -0.05) is 30.7 Å². The zero-order chi connectivity index (χ0) is 37.5. The number of hydrogen-bond donors (Lipinski definition) is 4. The number of likely N-dealkylation sites (tertiary alicyclic amines) is 1. The number of amides is 3. The molecule has 0 saturated carbocycles. The number of aromatic amines is 1. The molecule has 2 heterocycles. The van der Waals surface area contributed by atoms with Crippen LogP contribution in [0.3, 0.4) is 0 Å². The van der Waals surface area contributed by atoms with Crippen molar-refractivity contribution in [3.63, 3.8) is 0 Å². The van der Waals surface area contributed by atoms with Gasteiger partial charge in [0, 0.05) is 55.5 Å². The van der Waals surface area contributed by atoms with Crippen LogP contribution >= 0.6 is 0 Å². The van der Waals surface area contributed by atoms with Gasteiger partial charge in [0.05, 0.1) is 33.1 Å². The molecule has 4 aromatic rings. The molecule has 1 saturated heterocycles. The SMILES string of the molecule is COc1cc2c(c(OC)c1OC)-c1ccc(NCCCCCC(=O)NC3CCN(C(=O)c4cc5ccccc5[nH]4)CC3)c(=O)cc1C(NC(C)=O)CC2. The zero-order valence-electron chi connectivity index (χ0n) is 30.9. The molecule has 280 valence electrons. The minimum atomic E-state index is -0.379. The largest absolute Gasteiger partial charge is 0.493 e. The Labute approximate surface area is 309 Å². The topological polar surface area (TPSA) is 151 Å². The van der Waals surface area contributed by atoms with Crippen LogP contribution in [0.25, 0.3) is 22.0 Å². The van der Waals surface area contributed by atoms with E-state index in [0.29, 0.717) is 73.1 Å². The first-order valence-corrected chi connectivity index (χ1v) is 18.4. The first kappa shape index (κ1) is 37.2. The van der Waals surface area contributed by atoms with Crippen molar-refractivity contribution >= 4 is 34.3 Å². The van der Waals surface area contributed by atoms with Crippen LogP contribution in [0.2, 0.25) is 0 Å². The third kappa shape index (κ3) is 8.42. The third-order valence-electron chi connectivity index (χ3n) is 10.2. The average molecular weight is 724 g/mol. The van der Waals surface area contributed by atoms with Crippen molar-refractivity contribution in [3.8, 4) is 28.4 Å². The van der Waals surface area contributed by atoms with Crippen LogP contribution in [0, 0.1) is 0 Å². The molecule has 1 aliphatic carbocycles. The summed E-state index contributed by atoms with van der Waals surface area (Å²) in [6.45, 7) is 3.24. The smallest absolute Gasteiger partial charge is 0.270 e. The molecule has 3 aromatic carbocycles. The summed E-state index contributed by atoms with van der Waals surface area (Å²) < 4.78 is 17.1. The molecule has 3 amide bonds. The highest BCUT2D eigenvalue weighted by Gasteiger charge is 2.30. The van der Waals surface area contributed by atoms with Crippen LogP contribution < -0.4 is 35.6 Å². The van der Waals surface area contributed by atoms with Gasteiger partial charge in [-0.05, 0) is 85.5 Å². The van der Waals surface area contributed by atoms with E-state index < -0.39 is 0 Å². The van der Waals surface area contributed by atoms with Gasteiger partial charge >= 0.3 is 0 Å². The number of carbonyl (C=O) groups is 3. The van der Waals surface area contributed by atoms with Crippen molar-refractivity contribution in [2.75, 3.05) is 46.3 Å². The summed E-state index contributed by atoms with van der Waals surface area (Å²) in [4.78, 5) is 56.6. The molecule has 4 N–H and O–H groups in total. The molecule has 1 unspecified atom stereocenters. The molecule has 2 aliphatic rings. The lowest BCUT2D eigenvalue weighted by Crippen LogP contribution is -2.46. The van der Waals surface area contributed by atoms with Crippen molar-refractivity contribution in [2.24, 2.45) is 0 Å². The van der Waals surface area contributed by atoms with Gasteiger partial charge in [-0.25, -0.2) is 0 Å². The van der Waals surface area contributed by atoms with E-state index in [4.69, 9.17) is 14.2 Å². The maximum Gasteiger partial charge on any atom is 0.270 e. The summed E-state index contributed by atoms with van der Waals surface area (Å²) in [5, 5.41) is 10.5. The van der Waals surface area contributed by atoms with Gasteiger partial charge in [-0.15, -0.1) is 0 Å². The van der Waals surface area contributed by atoms with Crippen molar-refractivity contribution in [2.45, 2.75) is 70.4 Å². The Morgan fingerprint density at radius 3 is 2.36 bits per heavy atom. The number of aromatic nitrogens is 1. The number of nitrogens with zero attached hydrogens (tertiary/aromatic N) is 1. The van der Waals surface area contributed by atoms with E-state index in [0.717, 1.165) is 59.7 Å². The molecule has 0 bridgehead atoms. The molecule has 12 heteroatoms. The zero-order valence-corrected chi connectivity index (χ0v) is 30.9. The Balaban J connectivity index is 1.01. The number of anilines is 1. The maximum atomic E-state index is 13.6. The Bertz CT molecular complexity index is 2000. The van der Waals surface area contributed by atoms with E-state index in [9.17, 15) is 19.2 Å². The summed E-state index contributed by atoms with van der Waals surface area (Å²) >= 11 is 0. The Kier molecular flexibility index (Phi) is 11.9. The number of benzene rings is 2. The standard InChI is InChI=1S/C41H49N5O7/c1-25(47)43-32-15-13-27-23-36(51-2)39(52-3)40(53-4)38(27)29-14-16-33(35(48)24-30(29)32)42-19-9-5-6-12-37(49)44-28-17-20-46(21-18-28)41(50)34-22-26-10-7-8-11-31(26)45-34/h7-8,10-11,14,16,22-24,28,32,45H,5-6,9,12-13,15,17-21H2,1-4H3,(H,42,48)(H,43,47)(H,44,49). The minimum Gasteiger partial charge on any atom is -0.493 e. The quantitative estimate of drug-likeness (QED) is 0.128.